The van der Waals surface area contributed by atoms with Crippen molar-refractivity contribution in [3.8, 4) is 0 Å². The van der Waals surface area contributed by atoms with Gasteiger partial charge in [0.1, 0.15) is 5.82 Å². The van der Waals surface area contributed by atoms with Crippen molar-refractivity contribution < 1.29 is 4.39 Å². The van der Waals surface area contributed by atoms with E-state index < -0.39 is 0 Å². The van der Waals surface area contributed by atoms with Gasteiger partial charge in [-0.3, -0.25) is 0 Å². The highest BCUT2D eigenvalue weighted by Crippen LogP contribution is 2.23. The molecule has 5 heteroatoms. The average Bonchev–Trinajstić information content (AvgIpc) is 2.30. The Morgan fingerprint density at radius 3 is 2.44 bits per heavy atom. The molecule has 2 rings (SSSR count). The zero-order chi connectivity index (χ0) is 13.1. The number of benzene rings is 2. The van der Waals surface area contributed by atoms with E-state index in [1.165, 1.54) is 6.07 Å². The Morgan fingerprint density at radius 1 is 1.11 bits per heavy atom. The largest absolute Gasteiger partial charge is 0.380 e. The second-order valence-electron chi connectivity index (χ2n) is 3.73. The van der Waals surface area contributed by atoms with Crippen LogP contribution in [0.3, 0.4) is 0 Å². The van der Waals surface area contributed by atoms with Gasteiger partial charge >= 0.3 is 0 Å². The minimum absolute atomic E-state index is 0.232. The van der Waals surface area contributed by atoms with Crippen LogP contribution < -0.4 is 5.32 Å². The molecule has 2 aromatic rings. The van der Waals surface area contributed by atoms with E-state index in [-0.39, 0.29) is 5.82 Å². The van der Waals surface area contributed by atoms with Crippen LogP contribution in [-0.2, 0) is 6.54 Å². The molecular weight excluding hydrogens is 387 g/mol. The van der Waals surface area contributed by atoms with Gasteiger partial charge in [0, 0.05) is 16.6 Å². The quantitative estimate of drug-likeness (QED) is 0.690. The lowest BCUT2D eigenvalue weighted by atomic mass is 10.2. The molecule has 94 valence electrons. The van der Waals surface area contributed by atoms with Gasteiger partial charge in [-0.2, -0.15) is 0 Å². The smallest absolute Gasteiger partial charge is 0.138 e. The van der Waals surface area contributed by atoms with Crippen LogP contribution in [0.1, 0.15) is 5.56 Å². The molecule has 0 bridgehead atoms. The lowest BCUT2D eigenvalue weighted by Gasteiger charge is -2.09. The molecule has 0 aliphatic carbocycles. The molecule has 0 aromatic heterocycles. The Hall–Kier alpha value is -0.520. The van der Waals surface area contributed by atoms with E-state index in [0.717, 1.165) is 11.3 Å². The minimum Gasteiger partial charge on any atom is -0.380 e. The molecule has 0 fully saturated rings. The predicted molar refractivity (Wildman–Crippen MR) is 82.9 cm³/mol. The first-order valence-electron chi connectivity index (χ1n) is 5.19. The topological polar surface area (TPSA) is 12.0 Å². The highest BCUT2D eigenvalue weighted by molar-refractivity contribution is 14.1. The van der Waals surface area contributed by atoms with Crippen LogP contribution in [0.2, 0.25) is 10.0 Å². The number of anilines is 1. The van der Waals surface area contributed by atoms with Crippen molar-refractivity contribution in [2.75, 3.05) is 5.32 Å². The highest BCUT2D eigenvalue weighted by Gasteiger charge is 2.05. The Bertz CT molecular complexity index is 555. The molecule has 2 aromatic carbocycles. The summed E-state index contributed by atoms with van der Waals surface area (Å²) in [6, 6.07) is 10.3. The standard InChI is InChI=1S/C13H9Cl2FIN/c14-9-4-8(5-10(15)6-9)7-18-12-3-1-2-11(16)13(12)17/h1-6,18H,7H2. The van der Waals surface area contributed by atoms with Gasteiger partial charge in [-0.15, -0.1) is 0 Å². The molecule has 18 heavy (non-hydrogen) atoms. The third-order valence-corrected chi connectivity index (χ3v) is 3.89. The summed E-state index contributed by atoms with van der Waals surface area (Å²) in [5.74, 6) is -0.232. The molecule has 0 spiro atoms. The van der Waals surface area contributed by atoms with Crippen molar-refractivity contribution in [1.29, 1.82) is 0 Å². The maximum absolute atomic E-state index is 13.3. The monoisotopic (exact) mass is 395 g/mol. The molecule has 0 heterocycles. The molecule has 0 saturated carbocycles. The number of nitrogens with one attached hydrogen (secondary N) is 1. The first-order chi connectivity index (χ1) is 8.56. The molecule has 0 atom stereocenters. The number of hydrogen-bond donors (Lipinski definition) is 1. The van der Waals surface area contributed by atoms with Crippen LogP contribution in [0, 0.1) is 9.39 Å². The van der Waals surface area contributed by atoms with Gasteiger partial charge in [-0.1, -0.05) is 29.3 Å². The maximum atomic E-state index is 13.3. The molecule has 0 aliphatic heterocycles. The summed E-state index contributed by atoms with van der Waals surface area (Å²) >= 11 is 13.8. The van der Waals surface area contributed by atoms with Crippen molar-refractivity contribution in [2.45, 2.75) is 6.54 Å². The first kappa shape index (κ1) is 13.9. The molecular formula is C13H9Cl2FIN. The zero-order valence-electron chi connectivity index (χ0n) is 9.18. The molecule has 0 unspecified atom stereocenters. The third-order valence-electron chi connectivity index (χ3n) is 2.36. The second-order valence-corrected chi connectivity index (χ2v) is 5.68. The molecule has 0 saturated heterocycles. The predicted octanol–water partition coefficient (Wildman–Crippen LogP) is 5.35. The van der Waals surface area contributed by atoms with Crippen molar-refractivity contribution in [2.24, 2.45) is 0 Å². The third kappa shape index (κ3) is 3.49. The second kappa shape index (κ2) is 6.08. The van der Waals surface area contributed by atoms with E-state index in [1.807, 2.05) is 40.8 Å². The van der Waals surface area contributed by atoms with E-state index in [4.69, 9.17) is 23.2 Å². The van der Waals surface area contributed by atoms with Crippen LogP contribution in [0.15, 0.2) is 36.4 Å². The van der Waals surface area contributed by atoms with Crippen LogP contribution in [0.4, 0.5) is 10.1 Å². The lowest BCUT2D eigenvalue weighted by molar-refractivity contribution is 0.621. The molecule has 0 radical (unpaired) electrons. The van der Waals surface area contributed by atoms with Crippen molar-refractivity contribution in [1.82, 2.24) is 0 Å². The zero-order valence-corrected chi connectivity index (χ0v) is 12.9. The van der Waals surface area contributed by atoms with Gasteiger partial charge in [-0.05, 0) is 58.5 Å². The summed E-state index contributed by atoms with van der Waals surface area (Å²) < 4.78 is 13.9. The number of halogens is 4. The fourth-order valence-electron chi connectivity index (χ4n) is 1.55. The lowest BCUT2D eigenvalue weighted by Crippen LogP contribution is -2.02. The van der Waals surface area contributed by atoms with Gasteiger partial charge in [0.15, 0.2) is 0 Å². The number of hydrogen-bond acceptors (Lipinski definition) is 1. The van der Waals surface area contributed by atoms with E-state index in [0.29, 0.717) is 20.2 Å². The van der Waals surface area contributed by atoms with Crippen LogP contribution in [-0.4, -0.2) is 0 Å². The van der Waals surface area contributed by atoms with Gasteiger partial charge in [0.2, 0.25) is 0 Å². The summed E-state index contributed by atoms with van der Waals surface area (Å²) in [4.78, 5) is 0. The van der Waals surface area contributed by atoms with Gasteiger partial charge in [-0.25, -0.2) is 4.39 Å². The van der Waals surface area contributed by atoms with Crippen molar-refractivity contribution in [3.63, 3.8) is 0 Å². The minimum atomic E-state index is -0.232. The van der Waals surface area contributed by atoms with Crippen molar-refractivity contribution in [3.05, 3.63) is 61.4 Å². The van der Waals surface area contributed by atoms with Gasteiger partial charge in [0.25, 0.3) is 0 Å². The average molecular weight is 396 g/mol. The fraction of sp³-hybridized carbons (Fsp3) is 0.0769. The fourth-order valence-corrected chi connectivity index (χ4v) is 2.67. The maximum Gasteiger partial charge on any atom is 0.138 e. The van der Waals surface area contributed by atoms with Gasteiger partial charge < -0.3 is 5.32 Å². The summed E-state index contributed by atoms with van der Waals surface area (Å²) in [7, 11) is 0. The van der Waals surface area contributed by atoms with E-state index in [9.17, 15) is 4.39 Å². The Kier molecular flexibility index (Phi) is 4.70. The SMILES string of the molecule is Fc1cccc(NCc2cc(Cl)cc(Cl)c2)c1I. The summed E-state index contributed by atoms with van der Waals surface area (Å²) in [5, 5.41) is 4.34. The summed E-state index contributed by atoms with van der Waals surface area (Å²) in [6.45, 7) is 0.541. The molecule has 0 amide bonds. The normalized spacial score (nSPS) is 10.4. The summed E-state index contributed by atoms with van der Waals surface area (Å²) in [5.41, 5.74) is 1.71. The first-order valence-corrected chi connectivity index (χ1v) is 7.02. The molecule has 0 aliphatic rings. The molecule has 1 nitrogen and oxygen atoms in total. The Labute approximate surface area is 128 Å². The van der Waals surface area contributed by atoms with Crippen LogP contribution >= 0.6 is 45.8 Å². The Balaban J connectivity index is 2.14. The van der Waals surface area contributed by atoms with E-state index >= 15 is 0 Å². The van der Waals surface area contributed by atoms with E-state index in [2.05, 4.69) is 5.32 Å². The highest BCUT2D eigenvalue weighted by atomic mass is 127. The van der Waals surface area contributed by atoms with Crippen LogP contribution in [0.5, 0.6) is 0 Å². The summed E-state index contributed by atoms with van der Waals surface area (Å²) in [6.07, 6.45) is 0. The van der Waals surface area contributed by atoms with Gasteiger partial charge in [0.05, 0.1) is 9.26 Å². The molecule has 1 N–H and O–H groups in total. The number of rotatable bonds is 3. The van der Waals surface area contributed by atoms with E-state index in [1.54, 1.807) is 12.1 Å². The Morgan fingerprint density at radius 2 is 1.78 bits per heavy atom. The van der Waals surface area contributed by atoms with Crippen molar-refractivity contribution >= 4 is 51.5 Å². The van der Waals surface area contributed by atoms with Crippen LogP contribution in [0.25, 0.3) is 0 Å².